The van der Waals surface area contributed by atoms with Crippen LogP contribution in [0.4, 0.5) is 5.69 Å². The van der Waals surface area contributed by atoms with Crippen LogP contribution in [0.5, 0.6) is 0 Å². The summed E-state index contributed by atoms with van der Waals surface area (Å²) in [5.41, 5.74) is -0.482. The first-order valence-corrected chi connectivity index (χ1v) is 10.5. The molecule has 2 aromatic heterocycles. The van der Waals surface area contributed by atoms with Crippen molar-refractivity contribution in [2.45, 2.75) is 40.8 Å². The van der Waals surface area contributed by atoms with Gasteiger partial charge in [-0.25, -0.2) is 9.48 Å². The summed E-state index contributed by atoms with van der Waals surface area (Å²) in [5.74, 6) is 0.0306. The molecule has 1 aromatic carbocycles. The highest BCUT2D eigenvalue weighted by atomic mass is 16.6. The Morgan fingerprint density at radius 2 is 1.62 bits per heavy atom. The molecule has 0 N–H and O–H groups in total. The first kappa shape index (κ1) is 22.9. The van der Waals surface area contributed by atoms with Crippen molar-refractivity contribution in [2.75, 3.05) is 0 Å². The zero-order valence-electron chi connectivity index (χ0n) is 18.6. The summed E-state index contributed by atoms with van der Waals surface area (Å²) in [4.78, 5) is 37.1. The maximum Gasteiger partial charge on any atom is 0.357 e. The number of nitrogens with zero attached hydrogens (tertiary/aromatic N) is 5. The zero-order valence-corrected chi connectivity index (χ0v) is 18.6. The molecule has 168 valence electrons. The van der Waals surface area contributed by atoms with Crippen LogP contribution >= 0.6 is 0 Å². The Morgan fingerprint density at radius 3 is 2.22 bits per heavy atom. The summed E-state index contributed by atoms with van der Waals surface area (Å²) in [6.45, 7) is 7.89. The Morgan fingerprint density at radius 1 is 1.00 bits per heavy atom. The number of hydrogen-bond acceptors (Lipinski definition) is 5. The first-order chi connectivity index (χ1) is 15.2. The molecular weight excluding hydrogens is 410 g/mol. The van der Waals surface area contributed by atoms with E-state index in [0.717, 1.165) is 10.3 Å². The van der Waals surface area contributed by atoms with Gasteiger partial charge >= 0.3 is 16.9 Å². The Hall–Kier alpha value is -3.75. The summed E-state index contributed by atoms with van der Waals surface area (Å²) in [7, 11) is 0. The average Bonchev–Trinajstić information content (AvgIpc) is 3.21. The SMILES string of the molecule is CC(C)Cn1c(C=Cc2cnn(-c3ccccc3)c2)c([N+](=O)[O-])c(=O)n(CC(C)C)c1=O. The molecule has 0 atom stereocenters. The monoisotopic (exact) mass is 437 g/mol. The molecule has 0 spiro atoms. The van der Waals surface area contributed by atoms with Crippen molar-refractivity contribution < 1.29 is 4.92 Å². The molecule has 0 bridgehead atoms. The van der Waals surface area contributed by atoms with Crippen LogP contribution in [-0.4, -0.2) is 23.8 Å². The fourth-order valence-electron chi connectivity index (χ4n) is 3.43. The van der Waals surface area contributed by atoms with Gasteiger partial charge in [-0.15, -0.1) is 0 Å². The summed E-state index contributed by atoms with van der Waals surface area (Å²) >= 11 is 0. The number of para-hydroxylation sites is 1. The molecule has 0 aliphatic carbocycles. The van der Waals surface area contributed by atoms with Crippen LogP contribution in [0.25, 0.3) is 17.8 Å². The Kier molecular flexibility index (Phi) is 6.87. The Bertz CT molecular complexity index is 1250. The van der Waals surface area contributed by atoms with E-state index in [1.54, 1.807) is 23.2 Å². The predicted octanol–water partition coefficient (Wildman–Crippen LogP) is 3.59. The molecule has 0 unspecified atom stereocenters. The lowest BCUT2D eigenvalue weighted by Gasteiger charge is -2.16. The third-order valence-electron chi connectivity index (χ3n) is 4.78. The third-order valence-corrected chi connectivity index (χ3v) is 4.78. The standard InChI is InChI=1S/C23H27N5O4/c1-16(2)13-25-20(21(28(31)32)22(29)26(23(25)30)14-17(3)4)11-10-18-12-24-27(15-18)19-8-6-5-7-9-19/h5-12,15-17H,13-14H2,1-4H3. The summed E-state index contributed by atoms with van der Waals surface area (Å²) < 4.78 is 3.97. The van der Waals surface area contributed by atoms with Gasteiger partial charge in [0, 0.05) is 24.8 Å². The van der Waals surface area contributed by atoms with E-state index in [1.165, 1.54) is 10.6 Å². The molecule has 2 heterocycles. The molecular formula is C23H27N5O4. The number of nitro groups is 1. The van der Waals surface area contributed by atoms with E-state index in [0.29, 0.717) is 5.56 Å². The van der Waals surface area contributed by atoms with E-state index in [4.69, 9.17) is 0 Å². The molecule has 9 heteroatoms. The quantitative estimate of drug-likeness (QED) is 0.396. The number of aromatic nitrogens is 4. The molecule has 0 amide bonds. The largest absolute Gasteiger partial charge is 0.357 e. The number of rotatable bonds is 8. The van der Waals surface area contributed by atoms with Crippen LogP contribution in [0, 0.1) is 22.0 Å². The molecule has 0 saturated carbocycles. The van der Waals surface area contributed by atoms with E-state index >= 15 is 0 Å². The van der Waals surface area contributed by atoms with Gasteiger partial charge in [-0.3, -0.25) is 24.0 Å². The molecule has 9 nitrogen and oxygen atoms in total. The lowest BCUT2D eigenvalue weighted by atomic mass is 10.2. The summed E-state index contributed by atoms with van der Waals surface area (Å²) in [6.07, 6.45) is 6.45. The van der Waals surface area contributed by atoms with E-state index in [2.05, 4.69) is 5.10 Å². The minimum Gasteiger partial charge on any atom is -0.287 e. The second-order valence-corrected chi connectivity index (χ2v) is 8.47. The van der Waals surface area contributed by atoms with Crippen molar-refractivity contribution in [1.82, 2.24) is 18.9 Å². The smallest absolute Gasteiger partial charge is 0.287 e. The lowest BCUT2D eigenvalue weighted by Crippen LogP contribution is -2.43. The van der Waals surface area contributed by atoms with Gasteiger partial charge in [0.2, 0.25) is 0 Å². The molecule has 3 rings (SSSR count). The number of benzene rings is 1. The van der Waals surface area contributed by atoms with Crippen molar-refractivity contribution >= 4 is 17.8 Å². The second kappa shape index (κ2) is 9.59. The van der Waals surface area contributed by atoms with Gasteiger partial charge in [-0.2, -0.15) is 5.10 Å². The Labute approximate surface area is 185 Å². The molecule has 32 heavy (non-hydrogen) atoms. The minimum atomic E-state index is -0.881. The van der Waals surface area contributed by atoms with Gasteiger partial charge < -0.3 is 0 Å². The predicted molar refractivity (Wildman–Crippen MR) is 124 cm³/mol. The van der Waals surface area contributed by atoms with Crippen molar-refractivity contribution in [1.29, 1.82) is 0 Å². The number of hydrogen-bond donors (Lipinski definition) is 0. The first-order valence-electron chi connectivity index (χ1n) is 10.5. The van der Waals surface area contributed by atoms with Gasteiger partial charge in [-0.1, -0.05) is 45.9 Å². The van der Waals surface area contributed by atoms with Gasteiger partial charge in [-0.05, 0) is 36.1 Å². The van der Waals surface area contributed by atoms with Gasteiger partial charge in [0.25, 0.3) is 0 Å². The molecule has 0 aliphatic heterocycles. The Balaban J connectivity index is 2.14. The van der Waals surface area contributed by atoms with Crippen LogP contribution in [0.3, 0.4) is 0 Å². The fraction of sp³-hybridized carbons (Fsp3) is 0.348. The molecule has 0 fully saturated rings. The van der Waals surface area contributed by atoms with Gasteiger partial charge in [0.1, 0.15) is 5.69 Å². The molecule has 3 aromatic rings. The van der Waals surface area contributed by atoms with E-state index in [-0.39, 0.29) is 30.6 Å². The van der Waals surface area contributed by atoms with Crippen molar-refractivity contribution in [2.24, 2.45) is 11.8 Å². The highest BCUT2D eigenvalue weighted by Gasteiger charge is 2.27. The maximum atomic E-state index is 13.1. The lowest BCUT2D eigenvalue weighted by molar-refractivity contribution is -0.387. The third kappa shape index (κ3) is 4.93. The van der Waals surface area contributed by atoms with Crippen molar-refractivity contribution in [3.8, 4) is 5.69 Å². The van der Waals surface area contributed by atoms with E-state index < -0.39 is 21.9 Å². The summed E-state index contributed by atoms with van der Waals surface area (Å²) in [5, 5.41) is 16.2. The molecule has 0 aliphatic rings. The van der Waals surface area contributed by atoms with Gasteiger partial charge in [0.15, 0.2) is 0 Å². The van der Waals surface area contributed by atoms with Crippen molar-refractivity contribution in [3.63, 3.8) is 0 Å². The zero-order chi connectivity index (χ0) is 23.4. The van der Waals surface area contributed by atoms with Crippen LogP contribution in [-0.2, 0) is 13.1 Å². The molecule has 0 saturated heterocycles. The average molecular weight is 438 g/mol. The van der Waals surface area contributed by atoms with Gasteiger partial charge in [0.05, 0.1) is 16.8 Å². The summed E-state index contributed by atoms with van der Waals surface area (Å²) in [6, 6.07) is 9.50. The van der Waals surface area contributed by atoms with Crippen LogP contribution in [0.2, 0.25) is 0 Å². The maximum absolute atomic E-state index is 13.1. The molecule has 0 radical (unpaired) electrons. The second-order valence-electron chi connectivity index (χ2n) is 8.47. The van der Waals surface area contributed by atoms with E-state index in [9.17, 15) is 19.7 Å². The van der Waals surface area contributed by atoms with E-state index in [1.807, 2.05) is 58.0 Å². The topological polar surface area (TPSA) is 105 Å². The highest BCUT2D eigenvalue weighted by molar-refractivity contribution is 5.71. The highest BCUT2D eigenvalue weighted by Crippen LogP contribution is 2.18. The van der Waals surface area contributed by atoms with Crippen LogP contribution < -0.4 is 11.2 Å². The fourth-order valence-corrected chi connectivity index (χ4v) is 3.43. The normalized spacial score (nSPS) is 11.7. The van der Waals surface area contributed by atoms with Crippen LogP contribution in [0.15, 0.2) is 52.3 Å². The van der Waals surface area contributed by atoms with Crippen molar-refractivity contribution in [3.05, 3.63) is 84.9 Å². The minimum absolute atomic E-state index is 0.00818. The van der Waals surface area contributed by atoms with Crippen LogP contribution in [0.1, 0.15) is 39.0 Å².